The highest BCUT2D eigenvalue weighted by molar-refractivity contribution is 5.91. The van der Waals surface area contributed by atoms with Crippen molar-refractivity contribution in [3.63, 3.8) is 0 Å². The molecule has 0 aliphatic carbocycles. The summed E-state index contributed by atoms with van der Waals surface area (Å²) in [7, 11) is 0. The monoisotopic (exact) mass is 210 g/mol. The zero-order valence-electron chi connectivity index (χ0n) is 9.53. The molecule has 1 aromatic heterocycles. The first kappa shape index (κ1) is 11.7. The Morgan fingerprint density at radius 1 is 1.53 bits per heavy atom. The van der Waals surface area contributed by atoms with Crippen LogP contribution in [0.1, 0.15) is 55.8 Å². The molecular weight excluding hydrogens is 192 g/mol. The van der Waals surface area contributed by atoms with Gasteiger partial charge in [0.1, 0.15) is 0 Å². The van der Waals surface area contributed by atoms with E-state index in [0.29, 0.717) is 5.69 Å². The van der Waals surface area contributed by atoms with Crippen molar-refractivity contribution in [1.29, 1.82) is 0 Å². The number of nitrogens with two attached hydrogens (primary N) is 1. The largest absolute Gasteiger partial charge is 0.364 e. The van der Waals surface area contributed by atoms with Crippen molar-refractivity contribution in [2.75, 3.05) is 0 Å². The highest BCUT2D eigenvalue weighted by Gasteiger charge is 2.18. The third-order valence-corrected chi connectivity index (χ3v) is 2.52. The van der Waals surface area contributed by atoms with Crippen LogP contribution in [0.15, 0.2) is 0 Å². The summed E-state index contributed by atoms with van der Waals surface area (Å²) in [5, 5.41) is 7.83. The Morgan fingerprint density at radius 2 is 2.20 bits per heavy atom. The summed E-state index contributed by atoms with van der Waals surface area (Å²) in [6.07, 6.45) is 2.69. The molecule has 1 aromatic rings. The summed E-state index contributed by atoms with van der Waals surface area (Å²) in [6, 6.07) is 0.257. The fourth-order valence-corrected chi connectivity index (χ4v) is 1.50. The molecule has 1 rings (SSSR count). The minimum Gasteiger partial charge on any atom is -0.364 e. The number of aromatic nitrogens is 3. The Balaban J connectivity index is 3.11. The van der Waals surface area contributed by atoms with Gasteiger partial charge in [-0.3, -0.25) is 4.79 Å². The second-order valence-electron chi connectivity index (χ2n) is 3.70. The topological polar surface area (TPSA) is 73.8 Å². The van der Waals surface area contributed by atoms with Gasteiger partial charge in [-0.15, -0.1) is 5.10 Å². The maximum Gasteiger partial charge on any atom is 0.271 e. The molecule has 0 fully saturated rings. The molecule has 1 unspecified atom stereocenters. The van der Waals surface area contributed by atoms with Gasteiger partial charge < -0.3 is 5.73 Å². The molecule has 0 radical (unpaired) electrons. The Labute approximate surface area is 89.6 Å². The van der Waals surface area contributed by atoms with Crippen LogP contribution >= 0.6 is 0 Å². The van der Waals surface area contributed by atoms with Crippen molar-refractivity contribution in [2.45, 2.75) is 46.1 Å². The molecule has 0 aromatic carbocycles. The fraction of sp³-hybridized carbons (Fsp3) is 0.700. The third kappa shape index (κ3) is 2.34. The summed E-state index contributed by atoms with van der Waals surface area (Å²) in [6.45, 7) is 6.18. The van der Waals surface area contributed by atoms with Crippen LogP contribution in [0.2, 0.25) is 0 Å². The van der Waals surface area contributed by atoms with Gasteiger partial charge in [0.05, 0.1) is 11.7 Å². The average molecular weight is 210 g/mol. The van der Waals surface area contributed by atoms with E-state index in [9.17, 15) is 4.79 Å². The predicted octanol–water partition coefficient (Wildman–Crippen LogP) is 1.30. The number of hydrogen-bond donors (Lipinski definition) is 1. The average Bonchev–Trinajstić information content (AvgIpc) is 2.61. The SMILES string of the molecule is CCCc1c(C(N)=O)nnn1C(C)CC. The van der Waals surface area contributed by atoms with Crippen molar-refractivity contribution < 1.29 is 4.79 Å². The second kappa shape index (κ2) is 4.91. The van der Waals surface area contributed by atoms with Crippen LogP contribution in [0.25, 0.3) is 0 Å². The van der Waals surface area contributed by atoms with Crippen LogP contribution in [-0.4, -0.2) is 20.9 Å². The Hall–Kier alpha value is -1.39. The summed E-state index contributed by atoms with van der Waals surface area (Å²) in [5.74, 6) is -0.493. The minimum absolute atomic E-state index is 0.257. The van der Waals surface area contributed by atoms with Crippen molar-refractivity contribution in [3.8, 4) is 0 Å². The number of rotatable bonds is 5. The third-order valence-electron chi connectivity index (χ3n) is 2.52. The van der Waals surface area contributed by atoms with E-state index in [-0.39, 0.29) is 6.04 Å². The van der Waals surface area contributed by atoms with E-state index in [2.05, 4.69) is 31.1 Å². The highest BCUT2D eigenvalue weighted by Crippen LogP contribution is 2.15. The number of hydrogen-bond acceptors (Lipinski definition) is 3. The van der Waals surface area contributed by atoms with Gasteiger partial charge >= 0.3 is 0 Å². The fourth-order valence-electron chi connectivity index (χ4n) is 1.50. The molecule has 5 heteroatoms. The summed E-state index contributed by atoms with van der Waals surface area (Å²) in [4.78, 5) is 11.1. The van der Waals surface area contributed by atoms with Gasteiger partial charge in [0.25, 0.3) is 5.91 Å². The van der Waals surface area contributed by atoms with E-state index in [1.165, 1.54) is 0 Å². The van der Waals surface area contributed by atoms with E-state index in [1.54, 1.807) is 0 Å². The molecule has 0 saturated carbocycles. The molecule has 0 bridgehead atoms. The maximum absolute atomic E-state index is 11.1. The first-order valence-corrected chi connectivity index (χ1v) is 5.35. The summed E-state index contributed by atoms with van der Waals surface area (Å²) >= 11 is 0. The zero-order valence-corrected chi connectivity index (χ0v) is 9.53. The van der Waals surface area contributed by atoms with E-state index >= 15 is 0 Å². The normalized spacial score (nSPS) is 12.7. The molecule has 0 saturated heterocycles. The lowest BCUT2D eigenvalue weighted by molar-refractivity contribution is 0.0994. The molecule has 0 spiro atoms. The van der Waals surface area contributed by atoms with Gasteiger partial charge in [0, 0.05) is 0 Å². The highest BCUT2D eigenvalue weighted by atomic mass is 16.1. The van der Waals surface area contributed by atoms with Crippen molar-refractivity contribution in [2.24, 2.45) is 5.73 Å². The van der Waals surface area contributed by atoms with Crippen LogP contribution in [0.5, 0.6) is 0 Å². The molecule has 2 N–H and O–H groups in total. The van der Waals surface area contributed by atoms with Gasteiger partial charge in [-0.05, 0) is 19.8 Å². The Kier molecular flexibility index (Phi) is 3.82. The molecule has 1 heterocycles. The number of nitrogens with zero attached hydrogens (tertiary/aromatic N) is 3. The number of carbonyl (C=O) groups is 1. The quantitative estimate of drug-likeness (QED) is 0.796. The van der Waals surface area contributed by atoms with Crippen LogP contribution in [0, 0.1) is 0 Å². The maximum atomic E-state index is 11.1. The molecule has 1 atom stereocenters. The van der Waals surface area contributed by atoms with Crippen LogP contribution in [0.4, 0.5) is 0 Å². The number of primary amides is 1. The van der Waals surface area contributed by atoms with E-state index in [1.807, 2.05) is 4.68 Å². The lowest BCUT2D eigenvalue weighted by Gasteiger charge is -2.12. The first-order chi connectivity index (χ1) is 7.11. The van der Waals surface area contributed by atoms with Gasteiger partial charge in [-0.2, -0.15) is 0 Å². The van der Waals surface area contributed by atoms with Crippen LogP contribution in [-0.2, 0) is 6.42 Å². The molecule has 1 amide bonds. The molecule has 0 aliphatic heterocycles. The molecule has 0 aliphatic rings. The van der Waals surface area contributed by atoms with Gasteiger partial charge in [-0.25, -0.2) is 4.68 Å². The van der Waals surface area contributed by atoms with E-state index in [0.717, 1.165) is 25.0 Å². The van der Waals surface area contributed by atoms with Crippen LogP contribution < -0.4 is 5.73 Å². The predicted molar refractivity (Wildman–Crippen MR) is 57.5 cm³/mol. The molecule has 84 valence electrons. The lowest BCUT2D eigenvalue weighted by Crippen LogP contribution is -2.16. The summed E-state index contributed by atoms with van der Waals surface area (Å²) in [5.41, 5.74) is 6.42. The standard InChI is InChI=1S/C10H18N4O/c1-4-6-8-9(10(11)15)12-13-14(8)7(3)5-2/h7H,4-6H2,1-3H3,(H2,11,15). The molecule has 5 nitrogen and oxygen atoms in total. The van der Waals surface area contributed by atoms with Gasteiger partial charge in [-0.1, -0.05) is 25.5 Å². The zero-order chi connectivity index (χ0) is 11.4. The summed E-state index contributed by atoms with van der Waals surface area (Å²) < 4.78 is 1.81. The van der Waals surface area contributed by atoms with Crippen molar-refractivity contribution in [1.82, 2.24) is 15.0 Å². The lowest BCUT2D eigenvalue weighted by atomic mass is 10.1. The van der Waals surface area contributed by atoms with E-state index in [4.69, 9.17) is 5.73 Å². The molecule has 15 heavy (non-hydrogen) atoms. The molecular formula is C10H18N4O. The Bertz CT molecular complexity index is 345. The van der Waals surface area contributed by atoms with Gasteiger partial charge in [0.15, 0.2) is 5.69 Å². The number of carbonyl (C=O) groups excluding carboxylic acids is 1. The van der Waals surface area contributed by atoms with Gasteiger partial charge in [0.2, 0.25) is 0 Å². The Morgan fingerprint density at radius 3 is 2.67 bits per heavy atom. The smallest absolute Gasteiger partial charge is 0.271 e. The van der Waals surface area contributed by atoms with Crippen molar-refractivity contribution in [3.05, 3.63) is 11.4 Å². The first-order valence-electron chi connectivity index (χ1n) is 5.35. The minimum atomic E-state index is -0.493. The van der Waals surface area contributed by atoms with Crippen molar-refractivity contribution >= 4 is 5.91 Å². The second-order valence-corrected chi connectivity index (χ2v) is 3.70. The van der Waals surface area contributed by atoms with Crippen LogP contribution in [0.3, 0.4) is 0 Å². The number of amides is 1. The van der Waals surface area contributed by atoms with E-state index < -0.39 is 5.91 Å².